The van der Waals surface area contributed by atoms with Crippen LogP contribution in [0.4, 0.5) is 10.6 Å². The molecule has 24 heavy (non-hydrogen) atoms. The van der Waals surface area contributed by atoms with Crippen molar-refractivity contribution in [3.05, 3.63) is 24.4 Å². The van der Waals surface area contributed by atoms with Crippen LogP contribution in [0.5, 0.6) is 0 Å². The summed E-state index contributed by atoms with van der Waals surface area (Å²) in [6.07, 6.45) is 5.33. The number of aliphatic hydroxyl groups excluding tert-OH is 1. The quantitative estimate of drug-likeness (QED) is 0.886. The van der Waals surface area contributed by atoms with Gasteiger partial charge >= 0.3 is 6.03 Å². The molecular formula is C18H28N4O2. The number of aliphatic hydroxyl groups is 1. The number of likely N-dealkylation sites (tertiary alicyclic amines) is 1. The van der Waals surface area contributed by atoms with Crippen molar-refractivity contribution < 1.29 is 9.90 Å². The van der Waals surface area contributed by atoms with E-state index < -0.39 is 0 Å². The topological polar surface area (TPSA) is 68.7 Å². The SMILES string of the molecule is CC(O)C1CCCN(C(=O)NC2CCN(c3ccccn3)CC2)C1. The van der Waals surface area contributed by atoms with Crippen LogP contribution in [0.2, 0.25) is 0 Å². The Bertz CT molecular complexity index is 529. The summed E-state index contributed by atoms with van der Waals surface area (Å²) >= 11 is 0. The van der Waals surface area contributed by atoms with E-state index in [-0.39, 0.29) is 24.1 Å². The van der Waals surface area contributed by atoms with Crippen molar-refractivity contribution in [1.29, 1.82) is 0 Å². The Balaban J connectivity index is 1.46. The summed E-state index contributed by atoms with van der Waals surface area (Å²) in [4.78, 5) is 21.0. The number of pyridine rings is 1. The van der Waals surface area contributed by atoms with Crippen LogP contribution >= 0.6 is 0 Å². The molecule has 0 spiro atoms. The van der Waals surface area contributed by atoms with E-state index in [9.17, 15) is 9.90 Å². The van der Waals surface area contributed by atoms with Gasteiger partial charge in [0.25, 0.3) is 0 Å². The molecule has 0 radical (unpaired) electrons. The lowest BCUT2D eigenvalue weighted by atomic mass is 9.93. The Morgan fingerprint density at radius 1 is 1.29 bits per heavy atom. The van der Waals surface area contributed by atoms with E-state index in [0.29, 0.717) is 6.54 Å². The van der Waals surface area contributed by atoms with Crippen LogP contribution in [-0.2, 0) is 0 Å². The van der Waals surface area contributed by atoms with Gasteiger partial charge < -0.3 is 20.2 Å². The number of carbonyl (C=O) groups is 1. The maximum absolute atomic E-state index is 12.5. The van der Waals surface area contributed by atoms with Gasteiger partial charge in [-0.1, -0.05) is 6.07 Å². The molecular weight excluding hydrogens is 304 g/mol. The van der Waals surface area contributed by atoms with Crippen molar-refractivity contribution in [2.24, 2.45) is 5.92 Å². The van der Waals surface area contributed by atoms with Crippen molar-refractivity contribution >= 4 is 11.8 Å². The minimum atomic E-state index is -0.345. The summed E-state index contributed by atoms with van der Waals surface area (Å²) in [5, 5.41) is 12.9. The van der Waals surface area contributed by atoms with Gasteiger partial charge in [0.2, 0.25) is 0 Å². The number of nitrogens with zero attached hydrogens (tertiary/aromatic N) is 3. The van der Waals surface area contributed by atoms with Gasteiger partial charge in [-0.05, 0) is 44.7 Å². The maximum Gasteiger partial charge on any atom is 0.317 e. The molecule has 132 valence electrons. The first-order chi connectivity index (χ1) is 11.6. The van der Waals surface area contributed by atoms with Crippen molar-refractivity contribution in [1.82, 2.24) is 15.2 Å². The minimum absolute atomic E-state index is 0.0247. The fraction of sp³-hybridized carbons (Fsp3) is 0.667. The molecule has 2 amide bonds. The summed E-state index contributed by atoms with van der Waals surface area (Å²) in [6, 6.07) is 6.21. The lowest BCUT2D eigenvalue weighted by Gasteiger charge is -2.37. The molecule has 2 N–H and O–H groups in total. The fourth-order valence-electron chi connectivity index (χ4n) is 3.65. The fourth-order valence-corrected chi connectivity index (χ4v) is 3.65. The van der Waals surface area contributed by atoms with Crippen LogP contribution < -0.4 is 10.2 Å². The molecule has 2 fully saturated rings. The van der Waals surface area contributed by atoms with E-state index >= 15 is 0 Å². The highest BCUT2D eigenvalue weighted by molar-refractivity contribution is 5.74. The van der Waals surface area contributed by atoms with Crippen molar-refractivity contribution in [3.63, 3.8) is 0 Å². The first kappa shape index (κ1) is 17.0. The van der Waals surface area contributed by atoms with Crippen LogP contribution in [0.1, 0.15) is 32.6 Å². The number of carbonyl (C=O) groups excluding carboxylic acids is 1. The minimum Gasteiger partial charge on any atom is -0.393 e. The number of rotatable bonds is 3. The molecule has 2 atom stereocenters. The van der Waals surface area contributed by atoms with Gasteiger partial charge in [-0.3, -0.25) is 0 Å². The zero-order valence-corrected chi connectivity index (χ0v) is 14.4. The number of anilines is 1. The molecule has 6 nitrogen and oxygen atoms in total. The van der Waals surface area contributed by atoms with Crippen LogP contribution in [0, 0.1) is 5.92 Å². The highest BCUT2D eigenvalue weighted by Gasteiger charge is 2.28. The Kier molecular flexibility index (Phi) is 5.56. The number of piperidine rings is 2. The second kappa shape index (κ2) is 7.83. The first-order valence-corrected chi connectivity index (χ1v) is 9.03. The second-order valence-electron chi connectivity index (χ2n) is 6.99. The zero-order chi connectivity index (χ0) is 16.9. The van der Waals surface area contributed by atoms with E-state index in [1.54, 1.807) is 0 Å². The Hall–Kier alpha value is -1.82. The largest absolute Gasteiger partial charge is 0.393 e. The monoisotopic (exact) mass is 332 g/mol. The normalized spacial score (nSPS) is 23.8. The Morgan fingerprint density at radius 3 is 2.75 bits per heavy atom. The predicted molar refractivity (Wildman–Crippen MR) is 94.0 cm³/mol. The maximum atomic E-state index is 12.5. The third kappa shape index (κ3) is 4.17. The molecule has 2 saturated heterocycles. The van der Waals surface area contributed by atoms with E-state index in [2.05, 4.69) is 15.2 Å². The summed E-state index contributed by atoms with van der Waals surface area (Å²) in [5.41, 5.74) is 0. The third-order valence-electron chi connectivity index (χ3n) is 5.22. The highest BCUT2D eigenvalue weighted by atomic mass is 16.3. The summed E-state index contributed by atoms with van der Waals surface area (Å²) in [6.45, 7) is 5.11. The number of aromatic nitrogens is 1. The average Bonchev–Trinajstić information content (AvgIpc) is 2.63. The van der Waals surface area contributed by atoms with Gasteiger partial charge in [0, 0.05) is 44.3 Å². The summed E-state index contributed by atoms with van der Waals surface area (Å²) in [7, 11) is 0. The number of urea groups is 1. The van der Waals surface area contributed by atoms with Gasteiger partial charge in [0.05, 0.1) is 6.10 Å². The standard InChI is InChI=1S/C18H28N4O2/c1-14(23)15-5-4-10-22(13-15)18(24)20-16-7-11-21(12-8-16)17-6-2-3-9-19-17/h2-3,6,9,14-16,23H,4-5,7-8,10-13H2,1H3,(H,20,24). The smallest absolute Gasteiger partial charge is 0.317 e. The van der Waals surface area contributed by atoms with E-state index in [4.69, 9.17) is 0 Å². The van der Waals surface area contributed by atoms with Crippen molar-refractivity contribution in [2.75, 3.05) is 31.1 Å². The van der Waals surface area contributed by atoms with Gasteiger partial charge in [-0.15, -0.1) is 0 Å². The number of amides is 2. The van der Waals surface area contributed by atoms with Crippen LogP contribution in [0.15, 0.2) is 24.4 Å². The predicted octanol–water partition coefficient (Wildman–Crippen LogP) is 1.85. The van der Waals surface area contributed by atoms with Gasteiger partial charge in [-0.25, -0.2) is 9.78 Å². The zero-order valence-electron chi connectivity index (χ0n) is 14.4. The summed E-state index contributed by atoms with van der Waals surface area (Å²) < 4.78 is 0. The van der Waals surface area contributed by atoms with E-state index in [1.807, 2.05) is 36.2 Å². The van der Waals surface area contributed by atoms with E-state index in [1.165, 1.54) is 0 Å². The lowest BCUT2D eigenvalue weighted by molar-refractivity contribution is 0.0731. The Morgan fingerprint density at radius 2 is 2.08 bits per heavy atom. The average molecular weight is 332 g/mol. The lowest BCUT2D eigenvalue weighted by Crippen LogP contribution is -2.52. The third-order valence-corrected chi connectivity index (χ3v) is 5.22. The molecule has 6 heteroatoms. The van der Waals surface area contributed by atoms with Gasteiger partial charge in [-0.2, -0.15) is 0 Å². The molecule has 0 aromatic carbocycles. The van der Waals surface area contributed by atoms with Crippen LogP contribution in [0.3, 0.4) is 0 Å². The van der Waals surface area contributed by atoms with Crippen molar-refractivity contribution in [2.45, 2.75) is 44.8 Å². The molecule has 3 heterocycles. The first-order valence-electron chi connectivity index (χ1n) is 9.03. The van der Waals surface area contributed by atoms with Crippen molar-refractivity contribution in [3.8, 4) is 0 Å². The number of hydrogen-bond acceptors (Lipinski definition) is 4. The molecule has 0 aliphatic carbocycles. The molecule has 1 aromatic heterocycles. The molecule has 0 saturated carbocycles. The molecule has 3 rings (SSSR count). The molecule has 0 bridgehead atoms. The number of hydrogen-bond donors (Lipinski definition) is 2. The van der Waals surface area contributed by atoms with Crippen LogP contribution in [-0.4, -0.2) is 59.3 Å². The molecule has 2 aliphatic heterocycles. The summed E-state index contributed by atoms with van der Waals surface area (Å²) in [5.74, 6) is 1.22. The highest BCUT2D eigenvalue weighted by Crippen LogP contribution is 2.21. The van der Waals surface area contributed by atoms with Gasteiger partial charge in [0.1, 0.15) is 5.82 Å². The Labute approximate surface area is 143 Å². The molecule has 1 aromatic rings. The number of nitrogens with one attached hydrogen (secondary N) is 1. The molecule has 2 aliphatic rings. The van der Waals surface area contributed by atoms with Crippen LogP contribution in [0.25, 0.3) is 0 Å². The van der Waals surface area contributed by atoms with E-state index in [0.717, 1.165) is 51.1 Å². The van der Waals surface area contributed by atoms with Gasteiger partial charge in [0.15, 0.2) is 0 Å². The molecule has 2 unspecified atom stereocenters. The second-order valence-corrected chi connectivity index (χ2v) is 6.99.